The van der Waals surface area contributed by atoms with E-state index in [9.17, 15) is 29.7 Å². The normalized spacial score (nSPS) is 10.7. The second kappa shape index (κ2) is 21.0. The molecule has 4 N–H and O–H groups in total. The fourth-order valence-electron chi connectivity index (χ4n) is 5.19. The number of carboxylic acids is 4. The molecule has 3 rings (SSSR count). The Morgan fingerprint density at radius 2 is 1.02 bits per heavy atom. The van der Waals surface area contributed by atoms with Crippen LogP contribution < -0.4 is 0 Å². The molecule has 0 aliphatic heterocycles. The van der Waals surface area contributed by atoms with Gasteiger partial charge in [-0.05, 0) is 121 Å². The van der Waals surface area contributed by atoms with E-state index in [0.717, 1.165) is 69.5 Å². The number of carboxylic acid groups (broad SMARTS) is 4. The summed E-state index contributed by atoms with van der Waals surface area (Å²) in [5.41, 5.74) is 9.27. The number of aliphatic carboxylic acids is 2. The van der Waals surface area contributed by atoms with E-state index in [1.165, 1.54) is 18.6 Å². The molecule has 0 unspecified atom stereocenters. The van der Waals surface area contributed by atoms with Crippen LogP contribution in [0.3, 0.4) is 0 Å². The maximum absolute atomic E-state index is 11.7. The third-order valence-corrected chi connectivity index (χ3v) is 6.84. The van der Waals surface area contributed by atoms with E-state index in [1.807, 2.05) is 73.6 Å². The third-order valence-electron chi connectivity index (χ3n) is 6.84. The molecule has 48 heavy (non-hydrogen) atoms. The summed E-state index contributed by atoms with van der Waals surface area (Å²) in [6.45, 7) is 21.1. The Hall–Kier alpha value is -4.98. The maximum Gasteiger partial charge on any atom is 0.335 e. The van der Waals surface area contributed by atoms with Crippen molar-refractivity contribution in [3.05, 3.63) is 99.1 Å². The molecule has 260 valence electrons. The SMILES string of the molecule is C/C=C(\C=C(/CCC)C(=O)O)c1c(C)cc(-c2cc(C)c(-c3cc(C(=O)O)cc(C(=O)O)c3)c(C)c2)cc1C.CC.CC(=O)O.CCC. The van der Waals surface area contributed by atoms with Crippen molar-refractivity contribution in [1.29, 1.82) is 0 Å². The molecule has 0 aliphatic rings. The van der Waals surface area contributed by atoms with Crippen LogP contribution >= 0.6 is 0 Å². The standard InChI is InChI=1S/C33H34O6.C3H8.C2H4O2.C2H6/c1-7-9-23(31(34)35)14-22(8-2)29-18(3)10-24(11-19(29)4)25-12-20(5)30(21(6)13-25)26-15-27(32(36)37)17-28(16-26)33(38)39;1-3-2;1-2(3)4;1-2/h8,10-17H,7,9H2,1-6H3,(H,34,35)(H,36,37)(H,38,39);3H2,1-2H3;1H3,(H,3,4);1-2H3/b22-8+,23-14+;;;. The van der Waals surface area contributed by atoms with Gasteiger partial charge in [0.1, 0.15) is 0 Å². The van der Waals surface area contributed by atoms with Gasteiger partial charge in [-0.25, -0.2) is 14.4 Å². The molecule has 0 aromatic heterocycles. The topological polar surface area (TPSA) is 149 Å². The van der Waals surface area contributed by atoms with Crippen LogP contribution in [0.25, 0.3) is 27.8 Å². The number of aryl methyl sites for hydroxylation is 4. The first-order chi connectivity index (χ1) is 22.5. The summed E-state index contributed by atoms with van der Waals surface area (Å²) in [7, 11) is 0. The number of aromatic carboxylic acids is 2. The van der Waals surface area contributed by atoms with Gasteiger partial charge in [0.05, 0.1) is 11.1 Å². The molecule has 0 spiro atoms. The first kappa shape index (κ1) is 43.0. The van der Waals surface area contributed by atoms with Crippen LogP contribution in [0.5, 0.6) is 0 Å². The molecule has 8 heteroatoms. The fraction of sp³-hybridized carbons (Fsp3) is 0.350. The van der Waals surface area contributed by atoms with Gasteiger partial charge >= 0.3 is 17.9 Å². The van der Waals surface area contributed by atoms with Crippen LogP contribution in [0.1, 0.15) is 116 Å². The van der Waals surface area contributed by atoms with Gasteiger partial charge in [-0.3, -0.25) is 4.79 Å². The van der Waals surface area contributed by atoms with Gasteiger partial charge in [-0.1, -0.05) is 77.8 Å². The summed E-state index contributed by atoms with van der Waals surface area (Å²) in [6.07, 6.45) is 6.20. The number of hydrogen-bond acceptors (Lipinski definition) is 4. The average Bonchev–Trinajstić information content (AvgIpc) is 3.00. The van der Waals surface area contributed by atoms with Crippen molar-refractivity contribution in [1.82, 2.24) is 0 Å². The fourth-order valence-corrected chi connectivity index (χ4v) is 5.19. The molecule has 0 amide bonds. The van der Waals surface area contributed by atoms with Crippen molar-refractivity contribution < 1.29 is 39.6 Å². The first-order valence-electron chi connectivity index (χ1n) is 16.2. The molecule has 0 bridgehead atoms. The summed E-state index contributed by atoms with van der Waals surface area (Å²) >= 11 is 0. The van der Waals surface area contributed by atoms with Gasteiger partial charge in [0, 0.05) is 12.5 Å². The Morgan fingerprint density at radius 3 is 1.33 bits per heavy atom. The van der Waals surface area contributed by atoms with Gasteiger partial charge < -0.3 is 20.4 Å². The van der Waals surface area contributed by atoms with Gasteiger partial charge in [0.15, 0.2) is 0 Å². The molecule has 0 radical (unpaired) electrons. The Balaban J connectivity index is 0.00000220. The van der Waals surface area contributed by atoms with E-state index in [2.05, 4.69) is 26.0 Å². The summed E-state index contributed by atoms with van der Waals surface area (Å²) in [5, 5.41) is 36.0. The number of hydrogen-bond donors (Lipinski definition) is 4. The van der Waals surface area contributed by atoms with E-state index in [1.54, 1.807) is 6.08 Å². The van der Waals surface area contributed by atoms with Gasteiger partial charge in [-0.2, -0.15) is 0 Å². The predicted molar refractivity (Wildman–Crippen MR) is 195 cm³/mol. The van der Waals surface area contributed by atoms with Crippen molar-refractivity contribution in [3.8, 4) is 22.3 Å². The van der Waals surface area contributed by atoms with Crippen LogP contribution in [0, 0.1) is 27.7 Å². The van der Waals surface area contributed by atoms with Crippen LogP contribution in [-0.2, 0) is 9.59 Å². The highest BCUT2D eigenvalue weighted by Gasteiger charge is 2.17. The molecular weight excluding hydrogens is 608 g/mol. The highest BCUT2D eigenvalue weighted by molar-refractivity contribution is 5.97. The van der Waals surface area contributed by atoms with E-state index in [4.69, 9.17) is 9.90 Å². The zero-order valence-corrected chi connectivity index (χ0v) is 30.2. The van der Waals surface area contributed by atoms with Crippen molar-refractivity contribution in [3.63, 3.8) is 0 Å². The minimum Gasteiger partial charge on any atom is -0.481 e. The maximum atomic E-state index is 11.7. The van der Waals surface area contributed by atoms with E-state index in [-0.39, 0.29) is 11.1 Å². The Kier molecular flexibility index (Phi) is 18.8. The zero-order valence-electron chi connectivity index (χ0n) is 30.2. The summed E-state index contributed by atoms with van der Waals surface area (Å²) < 4.78 is 0. The van der Waals surface area contributed by atoms with Crippen molar-refractivity contribution in [2.45, 2.75) is 95.4 Å². The summed E-state index contributed by atoms with van der Waals surface area (Å²) in [4.78, 5) is 44.0. The van der Waals surface area contributed by atoms with Crippen molar-refractivity contribution >= 4 is 29.5 Å². The lowest BCUT2D eigenvalue weighted by molar-refractivity contribution is -0.134. The largest absolute Gasteiger partial charge is 0.481 e. The minimum absolute atomic E-state index is 0.0755. The lowest BCUT2D eigenvalue weighted by Crippen LogP contribution is -2.04. The Labute approximate surface area is 285 Å². The summed E-state index contributed by atoms with van der Waals surface area (Å²) in [6, 6.07) is 12.4. The van der Waals surface area contributed by atoms with Gasteiger partial charge in [-0.15, -0.1) is 0 Å². The number of allylic oxidation sites excluding steroid dienone is 3. The Bertz CT molecular complexity index is 1580. The number of carbonyl (C=O) groups is 4. The number of rotatable bonds is 9. The monoisotopic (exact) mass is 660 g/mol. The average molecular weight is 661 g/mol. The van der Waals surface area contributed by atoms with Crippen molar-refractivity contribution in [2.24, 2.45) is 0 Å². The lowest BCUT2D eigenvalue weighted by Gasteiger charge is -2.17. The van der Waals surface area contributed by atoms with Crippen LogP contribution in [0.2, 0.25) is 0 Å². The zero-order chi connectivity index (χ0) is 37.3. The van der Waals surface area contributed by atoms with E-state index in [0.29, 0.717) is 17.6 Å². The first-order valence-corrected chi connectivity index (χ1v) is 16.2. The highest BCUT2D eigenvalue weighted by atomic mass is 16.4. The lowest BCUT2D eigenvalue weighted by atomic mass is 9.87. The molecule has 0 heterocycles. The molecule has 0 saturated carbocycles. The van der Waals surface area contributed by atoms with Crippen LogP contribution in [-0.4, -0.2) is 44.3 Å². The van der Waals surface area contributed by atoms with E-state index < -0.39 is 23.9 Å². The number of benzene rings is 3. The predicted octanol–water partition coefficient (Wildman–Crippen LogP) is 10.4. The molecule has 3 aromatic carbocycles. The van der Waals surface area contributed by atoms with Crippen molar-refractivity contribution in [2.75, 3.05) is 0 Å². The van der Waals surface area contributed by atoms with Gasteiger partial charge in [0.2, 0.25) is 0 Å². The summed E-state index contributed by atoms with van der Waals surface area (Å²) in [5.74, 6) is -4.10. The molecular formula is C40H52O8. The molecule has 0 saturated heterocycles. The minimum atomic E-state index is -1.18. The van der Waals surface area contributed by atoms with Crippen LogP contribution in [0.4, 0.5) is 0 Å². The Morgan fingerprint density at radius 1 is 0.646 bits per heavy atom. The second-order valence-electron chi connectivity index (χ2n) is 11.1. The third kappa shape index (κ3) is 12.7. The molecule has 0 aliphatic carbocycles. The molecule has 0 fully saturated rings. The van der Waals surface area contributed by atoms with Crippen LogP contribution in [0.15, 0.2) is 60.2 Å². The molecule has 8 nitrogen and oxygen atoms in total. The highest BCUT2D eigenvalue weighted by Crippen LogP contribution is 2.36. The quantitative estimate of drug-likeness (QED) is 0.131. The van der Waals surface area contributed by atoms with Gasteiger partial charge in [0.25, 0.3) is 5.97 Å². The smallest absolute Gasteiger partial charge is 0.335 e. The molecule has 0 atom stereocenters. The molecule has 3 aromatic rings. The second-order valence-corrected chi connectivity index (χ2v) is 11.1. The van der Waals surface area contributed by atoms with E-state index >= 15 is 0 Å².